The molecule has 3 rings (SSSR count). The van der Waals surface area contributed by atoms with Crippen molar-refractivity contribution in [3.8, 4) is 0 Å². The average molecular weight is 284 g/mol. The van der Waals surface area contributed by atoms with Crippen LogP contribution in [-0.4, -0.2) is 41.9 Å². The normalized spacial score (nSPS) is 24.6. The van der Waals surface area contributed by atoms with Gasteiger partial charge in [-0.2, -0.15) is 4.31 Å². The van der Waals surface area contributed by atoms with E-state index < -0.39 is 10.0 Å². The van der Waals surface area contributed by atoms with Crippen LogP contribution in [0.1, 0.15) is 25.1 Å². The van der Waals surface area contributed by atoms with E-state index in [1.54, 1.807) is 6.20 Å². The largest absolute Gasteiger partial charge is 0.333 e. The minimum absolute atomic E-state index is 0.210. The van der Waals surface area contributed by atoms with Crippen LogP contribution in [0.4, 0.5) is 0 Å². The predicted molar refractivity (Wildman–Crippen MR) is 71.1 cm³/mol. The highest BCUT2D eigenvalue weighted by Gasteiger charge is 2.34. The molecule has 2 N–H and O–H groups in total. The molecule has 0 saturated carbocycles. The van der Waals surface area contributed by atoms with Crippen molar-refractivity contribution in [2.24, 2.45) is 11.7 Å². The van der Waals surface area contributed by atoms with Gasteiger partial charge in [0, 0.05) is 32.3 Å². The molecule has 106 valence electrons. The van der Waals surface area contributed by atoms with Crippen LogP contribution in [0.3, 0.4) is 0 Å². The van der Waals surface area contributed by atoms with Crippen molar-refractivity contribution in [2.45, 2.75) is 37.3 Å². The first kappa shape index (κ1) is 13.1. The van der Waals surface area contributed by atoms with Crippen LogP contribution in [0.2, 0.25) is 0 Å². The average Bonchev–Trinajstić information content (AvgIpc) is 3.05. The van der Waals surface area contributed by atoms with Crippen LogP contribution < -0.4 is 5.73 Å². The van der Waals surface area contributed by atoms with Crippen LogP contribution in [0.15, 0.2) is 11.2 Å². The quantitative estimate of drug-likeness (QED) is 0.859. The van der Waals surface area contributed by atoms with Crippen molar-refractivity contribution in [1.82, 2.24) is 13.9 Å². The summed E-state index contributed by atoms with van der Waals surface area (Å²) in [4.78, 5) is 4.32. The van der Waals surface area contributed by atoms with Gasteiger partial charge in [0.25, 0.3) is 10.0 Å². The van der Waals surface area contributed by atoms with Crippen LogP contribution in [0.5, 0.6) is 0 Å². The first-order valence-electron chi connectivity index (χ1n) is 6.87. The number of aromatic nitrogens is 2. The summed E-state index contributed by atoms with van der Waals surface area (Å²) in [5.74, 6) is 1.19. The summed E-state index contributed by atoms with van der Waals surface area (Å²) in [6.07, 6.45) is 5.61. The summed E-state index contributed by atoms with van der Waals surface area (Å²) in [6, 6.07) is 0. The Morgan fingerprint density at radius 1 is 1.37 bits per heavy atom. The molecule has 1 fully saturated rings. The maximum Gasteiger partial charge on any atom is 0.262 e. The van der Waals surface area contributed by atoms with Gasteiger partial charge in [0.15, 0.2) is 5.03 Å². The van der Waals surface area contributed by atoms with E-state index in [1.807, 2.05) is 4.57 Å². The third-order valence-corrected chi connectivity index (χ3v) is 5.81. The molecule has 7 heteroatoms. The lowest BCUT2D eigenvalue weighted by atomic mass is 10.1. The molecule has 19 heavy (non-hydrogen) atoms. The number of hydrogen-bond acceptors (Lipinski definition) is 4. The zero-order valence-electron chi connectivity index (χ0n) is 11.0. The molecule has 0 aromatic carbocycles. The minimum atomic E-state index is -3.43. The first-order chi connectivity index (χ1) is 9.11. The molecule has 0 amide bonds. The topological polar surface area (TPSA) is 81.2 Å². The highest BCUT2D eigenvalue weighted by atomic mass is 32.2. The van der Waals surface area contributed by atoms with E-state index in [0.29, 0.717) is 19.6 Å². The highest BCUT2D eigenvalue weighted by Crippen LogP contribution is 2.25. The predicted octanol–water partition coefficient (Wildman–Crippen LogP) is 0.189. The Bertz CT molecular complexity index is 543. The van der Waals surface area contributed by atoms with Gasteiger partial charge in [-0.3, -0.25) is 0 Å². The molecule has 2 aliphatic rings. The van der Waals surface area contributed by atoms with Crippen molar-refractivity contribution in [1.29, 1.82) is 0 Å². The Labute approximate surface area is 113 Å². The molecule has 1 atom stereocenters. The Morgan fingerprint density at radius 2 is 2.21 bits per heavy atom. The number of nitrogens with two attached hydrogens (primary N) is 1. The van der Waals surface area contributed by atoms with Crippen molar-refractivity contribution in [3.05, 3.63) is 12.0 Å². The lowest BCUT2D eigenvalue weighted by Crippen LogP contribution is -2.30. The van der Waals surface area contributed by atoms with Gasteiger partial charge in [0.1, 0.15) is 5.82 Å². The lowest BCUT2D eigenvalue weighted by Gasteiger charge is -2.14. The third kappa shape index (κ3) is 2.30. The lowest BCUT2D eigenvalue weighted by molar-refractivity contribution is 0.457. The van der Waals surface area contributed by atoms with Gasteiger partial charge < -0.3 is 10.3 Å². The number of aryl methyl sites for hydroxylation is 2. The molecule has 1 aromatic rings. The van der Waals surface area contributed by atoms with E-state index in [9.17, 15) is 8.42 Å². The fourth-order valence-electron chi connectivity index (χ4n) is 2.85. The van der Waals surface area contributed by atoms with Gasteiger partial charge in [-0.25, -0.2) is 13.4 Å². The molecular weight excluding hydrogens is 264 g/mol. The summed E-state index contributed by atoms with van der Waals surface area (Å²) in [5.41, 5.74) is 5.62. The van der Waals surface area contributed by atoms with Crippen LogP contribution in [0.25, 0.3) is 0 Å². The highest BCUT2D eigenvalue weighted by molar-refractivity contribution is 7.89. The Balaban J connectivity index is 1.86. The van der Waals surface area contributed by atoms with E-state index in [0.717, 1.165) is 38.1 Å². The number of sulfonamides is 1. The Morgan fingerprint density at radius 3 is 2.89 bits per heavy atom. The number of imidazole rings is 1. The van der Waals surface area contributed by atoms with Gasteiger partial charge in [0.2, 0.25) is 0 Å². The summed E-state index contributed by atoms with van der Waals surface area (Å²) >= 11 is 0. The number of hydrogen-bond donors (Lipinski definition) is 1. The first-order valence-corrected chi connectivity index (χ1v) is 8.31. The maximum atomic E-state index is 12.5. The standard InChI is InChI=1S/C12H20N4O2S/c13-7-10-4-6-16(8-10)19(17,18)12-9-15-5-2-1-3-11(15)14-12/h9-10H,1-8,13H2. The fourth-order valence-corrected chi connectivity index (χ4v) is 4.35. The summed E-state index contributed by atoms with van der Waals surface area (Å²) in [7, 11) is -3.43. The molecule has 2 aliphatic heterocycles. The van der Waals surface area contributed by atoms with Crippen molar-refractivity contribution in [2.75, 3.05) is 19.6 Å². The molecule has 0 bridgehead atoms. The molecule has 6 nitrogen and oxygen atoms in total. The molecule has 3 heterocycles. The SMILES string of the molecule is NCC1CCN(S(=O)(=O)c2cn3c(n2)CCCC3)C1. The Hall–Kier alpha value is -0.920. The van der Waals surface area contributed by atoms with Gasteiger partial charge >= 0.3 is 0 Å². The molecule has 1 unspecified atom stereocenters. The van der Waals surface area contributed by atoms with Gasteiger partial charge in [-0.15, -0.1) is 0 Å². The van der Waals surface area contributed by atoms with E-state index in [1.165, 1.54) is 4.31 Å². The second-order valence-corrected chi connectivity index (χ2v) is 7.28. The molecule has 0 radical (unpaired) electrons. The van der Waals surface area contributed by atoms with Gasteiger partial charge in [-0.1, -0.05) is 0 Å². The van der Waals surface area contributed by atoms with E-state index >= 15 is 0 Å². The van der Waals surface area contributed by atoms with E-state index in [4.69, 9.17) is 5.73 Å². The smallest absolute Gasteiger partial charge is 0.262 e. The van der Waals surface area contributed by atoms with E-state index in [-0.39, 0.29) is 10.9 Å². The monoisotopic (exact) mass is 284 g/mol. The second-order valence-electron chi connectivity index (χ2n) is 5.40. The Kier molecular flexibility index (Phi) is 3.36. The summed E-state index contributed by atoms with van der Waals surface area (Å²) < 4.78 is 28.6. The van der Waals surface area contributed by atoms with Crippen LogP contribution >= 0.6 is 0 Å². The molecule has 0 aliphatic carbocycles. The van der Waals surface area contributed by atoms with Crippen molar-refractivity contribution in [3.63, 3.8) is 0 Å². The van der Waals surface area contributed by atoms with E-state index in [2.05, 4.69) is 4.98 Å². The fraction of sp³-hybridized carbons (Fsp3) is 0.750. The maximum absolute atomic E-state index is 12.5. The van der Waals surface area contributed by atoms with Crippen molar-refractivity contribution < 1.29 is 8.42 Å². The zero-order chi connectivity index (χ0) is 13.5. The minimum Gasteiger partial charge on any atom is -0.333 e. The number of fused-ring (bicyclic) bond motifs is 1. The second kappa shape index (κ2) is 4.88. The van der Waals surface area contributed by atoms with Crippen LogP contribution in [-0.2, 0) is 23.0 Å². The van der Waals surface area contributed by atoms with Gasteiger partial charge in [0.05, 0.1) is 0 Å². The van der Waals surface area contributed by atoms with Crippen LogP contribution in [0, 0.1) is 5.92 Å². The number of nitrogens with zero attached hydrogens (tertiary/aromatic N) is 3. The summed E-state index contributed by atoms with van der Waals surface area (Å²) in [6.45, 7) is 2.52. The molecule has 0 spiro atoms. The number of rotatable bonds is 3. The molecular formula is C12H20N4O2S. The van der Waals surface area contributed by atoms with Gasteiger partial charge in [-0.05, 0) is 31.7 Å². The van der Waals surface area contributed by atoms with Crippen molar-refractivity contribution >= 4 is 10.0 Å². The summed E-state index contributed by atoms with van der Waals surface area (Å²) in [5, 5.41) is 0.210. The zero-order valence-corrected chi connectivity index (χ0v) is 11.8. The molecule has 1 saturated heterocycles. The molecule has 1 aromatic heterocycles. The third-order valence-electron chi connectivity index (χ3n) is 4.07.